The van der Waals surface area contributed by atoms with Crippen LogP contribution in [0.2, 0.25) is 0 Å². The zero-order valence-electron chi connectivity index (χ0n) is 16.8. The quantitative estimate of drug-likeness (QED) is 0.615. The summed E-state index contributed by atoms with van der Waals surface area (Å²) >= 11 is 0. The molecule has 1 aliphatic heterocycles. The first-order valence-electron chi connectivity index (χ1n) is 9.59. The summed E-state index contributed by atoms with van der Waals surface area (Å²) in [5.74, 6) is 0.587. The molecule has 0 saturated carbocycles. The van der Waals surface area contributed by atoms with Gasteiger partial charge in [0, 0.05) is 39.0 Å². The molecule has 0 bridgehead atoms. The SMILES string of the molecule is COCC(=O)N[C@@H]1CN(C(=O)c2cnn(C)c2)C[C@H]1c1nc(-c2ccccc2)n[nH]1. The molecule has 1 fully saturated rings. The van der Waals surface area contributed by atoms with Crippen molar-refractivity contribution in [2.24, 2.45) is 7.05 Å². The molecule has 2 atom stereocenters. The molecule has 0 radical (unpaired) electrons. The van der Waals surface area contributed by atoms with Crippen LogP contribution < -0.4 is 5.32 Å². The molecule has 10 heteroatoms. The average molecular weight is 409 g/mol. The highest BCUT2D eigenvalue weighted by atomic mass is 16.5. The molecule has 1 aromatic carbocycles. The Hall–Kier alpha value is -3.53. The Labute approximate surface area is 173 Å². The number of carbonyl (C=O) groups is 2. The number of nitrogens with one attached hydrogen (secondary N) is 2. The lowest BCUT2D eigenvalue weighted by atomic mass is 10.0. The molecular weight excluding hydrogens is 386 g/mol. The van der Waals surface area contributed by atoms with Crippen molar-refractivity contribution in [3.8, 4) is 11.4 Å². The maximum atomic E-state index is 12.9. The summed E-state index contributed by atoms with van der Waals surface area (Å²) in [7, 11) is 3.23. The minimum absolute atomic E-state index is 0.0502. The number of nitrogens with zero attached hydrogens (tertiary/aromatic N) is 5. The van der Waals surface area contributed by atoms with E-state index in [9.17, 15) is 9.59 Å². The zero-order chi connectivity index (χ0) is 21.1. The van der Waals surface area contributed by atoms with Crippen LogP contribution >= 0.6 is 0 Å². The fourth-order valence-electron chi connectivity index (χ4n) is 3.64. The van der Waals surface area contributed by atoms with E-state index in [2.05, 4.69) is 25.6 Å². The smallest absolute Gasteiger partial charge is 0.257 e. The van der Waals surface area contributed by atoms with E-state index in [0.717, 1.165) is 5.56 Å². The van der Waals surface area contributed by atoms with Crippen LogP contribution in [0, 0.1) is 0 Å². The van der Waals surface area contributed by atoms with Gasteiger partial charge in [-0.3, -0.25) is 19.4 Å². The number of methoxy groups -OCH3 is 1. The number of hydrogen-bond acceptors (Lipinski definition) is 6. The Kier molecular flexibility index (Phi) is 5.57. The van der Waals surface area contributed by atoms with Gasteiger partial charge in [0.25, 0.3) is 5.91 Å². The minimum Gasteiger partial charge on any atom is -0.375 e. The summed E-state index contributed by atoms with van der Waals surface area (Å²) in [6.45, 7) is 0.704. The van der Waals surface area contributed by atoms with E-state index in [-0.39, 0.29) is 30.4 Å². The van der Waals surface area contributed by atoms with Crippen LogP contribution in [-0.2, 0) is 16.6 Å². The number of hydrogen-bond donors (Lipinski definition) is 2. The Balaban J connectivity index is 1.57. The Morgan fingerprint density at radius 3 is 2.77 bits per heavy atom. The lowest BCUT2D eigenvalue weighted by molar-refractivity contribution is -0.125. The fourth-order valence-corrected chi connectivity index (χ4v) is 3.64. The van der Waals surface area contributed by atoms with E-state index in [0.29, 0.717) is 30.3 Å². The van der Waals surface area contributed by atoms with E-state index < -0.39 is 0 Å². The standard InChI is InChI=1S/C20H23N7O3/c1-26-9-14(8-21-26)20(29)27-10-15(16(11-27)22-17(28)12-30-2)19-23-18(24-25-19)13-6-4-3-5-7-13/h3-9,15-16H,10-12H2,1-2H3,(H,22,28)(H,23,24,25)/t15-,16-/m1/s1. The van der Waals surface area contributed by atoms with Gasteiger partial charge in [0.15, 0.2) is 5.82 Å². The van der Waals surface area contributed by atoms with Gasteiger partial charge in [0.1, 0.15) is 12.4 Å². The maximum Gasteiger partial charge on any atom is 0.257 e. The summed E-state index contributed by atoms with van der Waals surface area (Å²) in [4.78, 5) is 31.4. The van der Waals surface area contributed by atoms with Crippen LogP contribution in [0.4, 0.5) is 0 Å². The van der Waals surface area contributed by atoms with Crippen molar-refractivity contribution in [1.82, 2.24) is 35.2 Å². The normalized spacial score (nSPS) is 18.5. The molecule has 0 unspecified atom stereocenters. The predicted octanol–water partition coefficient (Wildman–Crippen LogP) is 0.576. The lowest BCUT2D eigenvalue weighted by Gasteiger charge is -2.17. The summed E-state index contributed by atoms with van der Waals surface area (Å²) in [5.41, 5.74) is 1.39. The fraction of sp³-hybridized carbons (Fsp3) is 0.350. The van der Waals surface area contributed by atoms with Crippen LogP contribution in [0.15, 0.2) is 42.7 Å². The first-order valence-corrected chi connectivity index (χ1v) is 9.59. The highest BCUT2D eigenvalue weighted by molar-refractivity contribution is 5.94. The molecule has 4 rings (SSSR count). The van der Waals surface area contributed by atoms with Crippen molar-refractivity contribution in [2.45, 2.75) is 12.0 Å². The number of likely N-dealkylation sites (tertiary alicyclic amines) is 1. The third-order valence-corrected chi connectivity index (χ3v) is 5.07. The average Bonchev–Trinajstić information content (AvgIpc) is 3.48. The number of aromatic nitrogens is 5. The molecule has 2 N–H and O–H groups in total. The topological polar surface area (TPSA) is 118 Å². The molecule has 3 heterocycles. The number of rotatable bonds is 6. The number of amides is 2. The van der Waals surface area contributed by atoms with Crippen molar-refractivity contribution >= 4 is 11.8 Å². The van der Waals surface area contributed by atoms with Gasteiger partial charge in [-0.2, -0.15) is 10.2 Å². The van der Waals surface area contributed by atoms with Gasteiger partial charge in [-0.1, -0.05) is 30.3 Å². The molecule has 0 aliphatic carbocycles. The molecule has 2 amide bonds. The lowest BCUT2D eigenvalue weighted by Crippen LogP contribution is -2.42. The summed E-state index contributed by atoms with van der Waals surface area (Å²) in [5, 5.41) is 14.3. The highest BCUT2D eigenvalue weighted by Crippen LogP contribution is 2.28. The Morgan fingerprint density at radius 1 is 1.27 bits per heavy atom. The van der Waals surface area contributed by atoms with Crippen LogP contribution in [0.5, 0.6) is 0 Å². The molecular formula is C20H23N7O3. The third kappa shape index (κ3) is 4.08. The molecule has 1 aliphatic rings. The van der Waals surface area contributed by atoms with Crippen LogP contribution in [0.1, 0.15) is 22.1 Å². The van der Waals surface area contributed by atoms with Gasteiger partial charge >= 0.3 is 0 Å². The highest BCUT2D eigenvalue weighted by Gasteiger charge is 2.39. The van der Waals surface area contributed by atoms with Crippen molar-refractivity contribution in [3.63, 3.8) is 0 Å². The molecule has 3 aromatic rings. The van der Waals surface area contributed by atoms with Crippen LogP contribution in [0.3, 0.4) is 0 Å². The van der Waals surface area contributed by atoms with Gasteiger partial charge < -0.3 is 15.0 Å². The van der Waals surface area contributed by atoms with Crippen LogP contribution in [0.25, 0.3) is 11.4 Å². The summed E-state index contributed by atoms with van der Waals surface area (Å²) < 4.78 is 6.51. The van der Waals surface area contributed by atoms with Crippen molar-refractivity contribution < 1.29 is 14.3 Å². The maximum absolute atomic E-state index is 12.9. The first-order chi connectivity index (χ1) is 14.5. The monoisotopic (exact) mass is 409 g/mol. The van der Waals surface area contributed by atoms with Crippen LogP contribution in [-0.4, -0.2) is 74.5 Å². The van der Waals surface area contributed by atoms with Crippen molar-refractivity contribution in [2.75, 3.05) is 26.8 Å². The molecule has 1 saturated heterocycles. The van der Waals surface area contributed by atoms with E-state index in [1.807, 2.05) is 30.3 Å². The largest absolute Gasteiger partial charge is 0.375 e. The number of ether oxygens (including phenoxy) is 1. The second-order valence-electron chi connectivity index (χ2n) is 7.24. The number of aryl methyl sites for hydroxylation is 1. The second-order valence-corrected chi connectivity index (χ2v) is 7.24. The molecule has 156 valence electrons. The van der Waals surface area contributed by atoms with Gasteiger partial charge in [0.05, 0.1) is 23.7 Å². The van der Waals surface area contributed by atoms with E-state index in [1.54, 1.807) is 22.8 Å². The van der Waals surface area contributed by atoms with Gasteiger partial charge in [-0.25, -0.2) is 4.98 Å². The minimum atomic E-state index is -0.315. The first kappa shape index (κ1) is 19.8. The number of H-pyrrole nitrogens is 1. The van der Waals surface area contributed by atoms with Gasteiger partial charge in [-0.05, 0) is 0 Å². The molecule has 10 nitrogen and oxygen atoms in total. The third-order valence-electron chi connectivity index (χ3n) is 5.07. The molecule has 2 aromatic heterocycles. The van der Waals surface area contributed by atoms with Gasteiger partial charge in [0.2, 0.25) is 5.91 Å². The van der Waals surface area contributed by atoms with E-state index >= 15 is 0 Å². The van der Waals surface area contributed by atoms with Crippen molar-refractivity contribution in [1.29, 1.82) is 0 Å². The van der Waals surface area contributed by atoms with E-state index in [4.69, 9.17) is 4.74 Å². The second kappa shape index (κ2) is 8.46. The Morgan fingerprint density at radius 2 is 2.07 bits per heavy atom. The van der Waals surface area contributed by atoms with Gasteiger partial charge in [-0.15, -0.1) is 0 Å². The predicted molar refractivity (Wildman–Crippen MR) is 107 cm³/mol. The zero-order valence-corrected chi connectivity index (χ0v) is 16.8. The van der Waals surface area contributed by atoms with E-state index in [1.165, 1.54) is 13.3 Å². The molecule has 0 spiro atoms. The number of aromatic amines is 1. The number of carbonyl (C=O) groups excluding carboxylic acids is 2. The van der Waals surface area contributed by atoms with Crippen molar-refractivity contribution in [3.05, 3.63) is 54.1 Å². The summed E-state index contributed by atoms with van der Waals surface area (Å²) in [6, 6.07) is 9.31. The molecule has 30 heavy (non-hydrogen) atoms. The summed E-state index contributed by atoms with van der Waals surface area (Å²) in [6.07, 6.45) is 3.21. The number of benzene rings is 1. The Bertz CT molecular complexity index is 1030.